The Bertz CT molecular complexity index is 973. The molecule has 0 saturated carbocycles. The monoisotopic (exact) mass is 444 g/mol. The van der Waals surface area contributed by atoms with Gasteiger partial charge in [0, 0.05) is 11.1 Å². The van der Waals surface area contributed by atoms with E-state index in [-0.39, 0.29) is 16.3 Å². The van der Waals surface area contributed by atoms with E-state index in [1.807, 2.05) is 60.7 Å². The summed E-state index contributed by atoms with van der Waals surface area (Å²) in [6, 6.07) is 20.6. The molecule has 0 bridgehead atoms. The smallest absolute Gasteiger partial charge is 0.305 e. The third kappa shape index (κ3) is 2.86. The highest BCUT2D eigenvalue weighted by molar-refractivity contribution is 9.10. The van der Waals surface area contributed by atoms with Gasteiger partial charge in [-0.3, -0.25) is 10.2 Å². The number of carbonyl (C=O) groups excluding carboxylic acids is 1. The number of carbonyl (C=O) groups is 1. The summed E-state index contributed by atoms with van der Waals surface area (Å²) in [5.41, 5.74) is 3.85. The topological polar surface area (TPSA) is 73.6 Å². The molecule has 0 saturated heterocycles. The molecule has 27 heavy (non-hydrogen) atoms. The summed E-state index contributed by atoms with van der Waals surface area (Å²) in [5, 5.41) is 0.130. The van der Waals surface area contributed by atoms with E-state index < -0.39 is 11.7 Å². The molecule has 0 aromatic heterocycles. The maximum atomic E-state index is 12.0. The van der Waals surface area contributed by atoms with E-state index in [0.717, 1.165) is 11.1 Å². The summed E-state index contributed by atoms with van der Waals surface area (Å²) in [5.74, 6) is 4.20. The van der Waals surface area contributed by atoms with Crippen LogP contribution in [0.15, 0.2) is 71.2 Å². The van der Waals surface area contributed by atoms with Crippen molar-refractivity contribution in [3.05, 3.63) is 92.9 Å². The van der Waals surface area contributed by atoms with Crippen molar-refractivity contribution in [3.8, 4) is 11.5 Å². The number of hydrogen-bond acceptors (Lipinski definition) is 4. The second kappa shape index (κ2) is 6.88. The van der Waals surface area contributed by atoms with E-state index in [1.54, 1.807) is 6.07 Å². The van der Waals surface area contributed by atoms with Crippen molar-refractivity contribution < 1.29 is 14.3 Å². The van der Waals surface area contributed by atoms with Crippen LogP contribution in [0.2, 0.25) is 5.02 Å². The average Bonchev–Trinajstić information content (AvgIpc) is 3.14. The van der Waals surface area contributed by atoms with Gasteiger partial charge in [0.05, 0.1) is 15.1 Å². The highest BCUT2D eigenvalue weighted by atomic mass is 79.9. The molecule has 4 rings (SSSR count). The highest BCUT2D eigenvalue weighted by Crippen LogP contribution is 2.54. The quantitative estimate of drug-likeness (QED) is 0.356. The predicted molar refractivity (Wildman–Crippen MR) is 106 cm³/mol. The first-order valence-electron chi connectivity index (χ1n) is 8.09. The maximum absolute atomic E-state index is 12.0. The van der Waals surface area contributed by atoms with Crippen LogP contribution in [0.25, 0.3) is 0 Å². The molecule has 3 aromatic carbocycles. The van der Waals surface area contributed by atoms with Crippen molar-refractivity contribution in [1.29, 1.82) is 0 Å². The largest absolute Gasteiger partial charge is 0.439 e. The second-order valence-electron chi connectivity index (χ2n) is 5.90. The van der Waals surface area contributed by atoms with Gasteiger partial charge in [-0.15, -0.1) is 0 Å². The van der Waals surface area contributed by atoms with Gasteiger partial charge in [-0.1, -0.05) is 72.3 Å². The number of ether oxygens (including phenoxy) is 2. The van der Waals surface area contributed by atoms with Gasteiger partial charge in [-0.2, -0.15) is 0 Å². The number of hydrogen-bond donors (Lipinski definition) is 2. The third-order valence-corrected chi connectivity index (χ3v) is 5.27. The van der Waals surface area contributed by atoms with Crippen molar-refractivity contribution in [3.63, 3.8) is 0 Å². The number of nitrogens with one attached hydrogen (secondary N) is 1. The lowest BCUT2D eigenvalue weighted by Gasteiger charge is -2.28. The first-order chi connectivity index (χ1) is 13.1. The summed E-state index contributed by atoms with van der Waals surface area (Å²) >= 11 is 9.90. The zero-order chi connectivity index (χ0) is 19.0. The molecular formula is C20H14BrClN2O3. The lowest BCUT2D eigenvalue weighted by molar-refractivity contribution is -0.0461. The van der Waals surface area contributed by atoms with Crippen LogP contribution in [-0.4, -0.2) is 5.91 Å². The van der Waals surface area contributed by atoms with E-state index in [2.05, 4.69) is 21.4 Å². The Morgan fingerprint density at radius 3 is 2.00 bits per heavy atom. The SMILES string of the molecule is NNC(=O)c1cc(Br)c2c(c1Cl)OC(c1ccccc1)(c1ccccc1)O2. The number of benzene rings is 3. The number of fused-ring (bicyclic) bond motifs is 1. The van der Waals surface area contributed by atoms with E-state index in [4.69, 9.17) is 26.9 Å². The average molecular weight is 446 g/mol. The molecule has 5 nitrogen and oxygen atoms in total. The molecule has 7 heteroatoms. The van der Waals surface area contributed by atoms with Crippen LogP contribution in [0.1, 0.15) is 21.5 Å². The molecule has 1 aliphatic rings. The maximum Gasteiger partial charge on any atom is 0.305 e. The number of rotatable bonds is 3. The summed E-state index contributed by atoms with van der Waals surface area (Å²) in [7, 11) is 0. The fraction of sp³-hybridized carbons (Fsp3) is 0.0500. The Morgan fingerprint density at radius 1 is 0.963 bits per heavy atom. The van der Waals surface area contributed by atoms with E-state index in [1.165, 1.54) is 0 Å². The Kier molecular flexibility index (Phi) is 4.55. The van der Waals surface area contributed by atoms with Gasteiger partial charge in [0.1, 0.15) is 0 Å². The molecule has 1 heterocycles. The molecule has 3 aromatic rings. The molecule has 0 atom stereocenters. The van der Waals surface area contributed by atoms with E-state index in [9.17, 15) is 4.79 Å². The minimum atomic E-state index is -1.23. The van der Waals surface area contributed by atoms with Gasteiger partial charge in [-0.25, -0.2) is 5.84 Å². The van der Waals surface area contributed by atoms with Gasteiger partial charge in [0.2, 0.25) is 0 Å². The fourth-order valence-corrected chi connectivity index (χ4v) is 3.80. The Morgan fingerprint density at radius 2 is 1.48 bits per heavy atom. The summed E-state index contributed by atoms with van der Waals surface area (Å²) in [6.45, 7) is 0. The predicted octanol–water partition coefficient (Wildman–Crippen LogP) is 4.38. The molecule has 3 N–H and O–H groups in total. The van der Waals surface area contributed by atoms with Crippen LogP contribution in [-0.2, 0) is 5.79 Å². The van der Waals surface area contributed by atoms with Crippen molar-refractivity contribution >= 4 is 33.4 Å². The van der Waals surface area contributed by atoms with Gasteiger partial charge < -0.3 is 9.47 Å². The highest BCUT2D eigenvalue weighted by Gasteiger charge is 2.47. The summed E-state index contributed by atoms with van der Waals surface area (Å²) in [6.07, 6.45) is 0. The van der Waals surface area contributed by atoms with Crippen LogP contribution >= 0.6 is 27.5 Å². The number of nitrogens with two attached hydrogens (primary N) is 1. The molecular weight excluding hydrogens is 432 g/mol. The van der Waals surface area contributed by atoms with Gasteiger partial charge in [-0.05, 0) is 22.0 Å². The molecule has 0 spiro atoms. The lowest BCUT2D eigenvalue weighted by atomic mass is 9.97. The first kappa shape index (κ1) is 17.9. The molecule has 1 aliphatic heterocycles. The van der Waals surface area contributed by atoms with Crippen molar-refractivity contribution in [2.75, 3.05) is 0 Å². The normalized spacial score (nSPS) is 14.0. The number of nitrogen functional groups attached to an aromatic ring is 1. The van der Waals surface area contributed by atoms with Crippen LogP contribution in [0.3, 0.4) is 0 Å². The molecule has 0 aliphatic carbocycles. The summed E-state index contributed by atoms with van der Waals surface area (Å²) < 4.78 is 13.2. The van der Waals surface area contributed by atoms with E-state index >= 15 is 0 Å². The van der Waals surface area contributed by atoms with Gasteiger partial charge in [0.15, 0.2) is 11.5 Å². The van der Waals surface area contributed by atoms with Gasteiger partial charge >= 0.3 is 5.79 Å². The third-order valence-electron chi connectivity index (χ3n) is 4.30. The van der Waals surface area contributed by atoms with Crippen LogP contribution in [0, 0.1) is 0 Å². The zero-order valence-electron chi connectivity index (χ0n) is 13.9. The summed E-state index contributed by atoms with van der Waals surface area (Å²) in [4.78, 5) is 12.0. The van der Waals surface area contributed by atoms with Gasteiger partial charge in [0.25, 0.3) is 5.91 Å². The molecule has 1 amide bonds. The molecule has 136 valence electrons. The molecule has 0 unspecified atom stereocenters. The Labute approximate surface area is 169 Å². The van der Waals surface area contributed by atoms with Crippen LogP contribution < -0.4 is 20.7 Å². The molecule has 0 fully saturated rings. The van der Waals surface area contributed by atoms with Crippen LogP contribution in [0.5, 0.6) is 11.5 Å². The number of halogens is 2. The van der Waals surface area contributed by atoms with Crippen molar-refractivity contribution in [2.45, 2.75) is 5.79 Å². The van der Waals surface area contributed by atoms with Crippen molar-refractivity contribution in [2.24, 2.45) is 5.84 Å². The second-order valence-corrected chi connectivity index (χ2v) is 7.14. The standard InChI is InChI=1S/C20H14BrClN2O3/c21-15-11-14(19(25)24-23)16(22)18-17(15)26-20(27-18,12-7-3-1-4-8-12)13-9-5-2-6-10-13/h1-11H,23H2,(H,24,25). The lowest BCUT2D eigenvalue weighted by Crippen LogP contribution is -2.36. The van der Waals surface area contributed by atoms with Crippen molar-refractivity contribution in [1.82, 2.24) is 5.43 Å². The Hall–Kier alpha value is -2.54. The fourth-order valence-electron chi connectivity index (χ4n) is 3.04. The van der Waals surface area contributed by atoms with Crippen LogP contribution in [0.4, 0.5) is 0 Å². The minimum absolute atomic E-state index is 0.130. The van der Waals surface area contributed by atoms with E-state index in [0.29, 0.717) is 10.2 Å². The minimum Gasteiger partial charge on any atom is -0.439 e. The first-order valence-corrected chi connectivity index (χ1v) is 9.26. The molecule has 0 radical (unpaired) electrons. The zero-order valence-corrected chi connectivity index (χ0v) is 16.3. The Balaban J connectivity index is 1.93. The number of hydrazine groups is 1. The number of amides is 1.